The molecule has 2 heterocycles. The number of hydrogen-bond donors (Lipinski definition) is 1. The maximum Gasteiger partial charge on any atom is 0.320 e. The van der Waals surface area contributed by atoms with Crippen molar-refractivity contribution in [1.82, 2.24) is 4.90 Å². The molecule has 2 fully saturated rings. The molecule has 3 nitrogen and oxygen atoms in total. The van der Waals surface area contributed by atoms with Crippen molar-refractivity contribution < 1.29 is 9.90 Å². The molecular weight excluding hydrogens is 350 g/mol. The van der Waals surface area contributed by atoms with E-state index >= 15 is 0 Å². The predicted molar refractivity (Wildman–Crippen MR) is 88.7 cm³/mol. The van der Waals surface area contributed by atoms with Crippen LogP contribution < -0.4 is 0 Å². The average Bonchev–Trinajstić information content (AvgIpc) is 2.91. The van der Waals surface area contributed by atoms with E-state index < -0.39 is 5.97 Å². The van der Waals surface area contributed by atoms with Gasteiger partial charge in [0.15, 0.2) is 0 Å². The molecule has 1 aromatic heterocycles. The number of carboxylic acid groups (broad SMARTS) is 1. The summed E-state index contributed by atoms with van der Waals surface area (Å²) in [5.41, 5.74) is 0. The predicted octanol–water partition coefficient (Wildman–Crippen LogP) is 4.68. The molecule has 5 heteroatoms. The second kappa shape index (κ2) is 6.39. The van der Waals surface area contributed by atoms with E-state index in [-0.39, 0.29) is 12.1 Å². The van der Waals surface area contributed by atoms with Crippen LogP contribution in [0.3, 0.4) is 0 Å². The minimum Gasteiger partial charge on any atom is -0.480 e. The summed E-state index contributed by atoms with van der Waals surface area (Å²) in [5.74, 6) is 0.0432. The molecule has 2 aliphatic rings. The SMILES string of the molecule is CC(c1ccc(Br)s1)N1C(C(=O)O)CCC2CCCCC21. The molecule has 0 spiro atoms. The summed E-state index contributed by atoms with van der Waals surface area (Å²) in [5, 5.41) is 9.65. The number of nitrogens with zero attached hydrogens (tertiary/aromatic N) is 1. The van der Waals surface area contributed by atoms with Gasteiger partial charge in [-0.1, -0.05) is 12.8 Å². The number of fused-ring (bicyclic) bond motifs is 1. The highest BCUT2D eigenvalue weighted by molar-refractivity contribution is 9.11. The van der Waals surface area contributed by atoms with Crippen molar-refractivity contribution in [3.63, 3.8) is 0 Å². The monoisotopic (exact) mass is 371 g/mol. The number of halogens is 1. The van der Waals surface area contributed by atoms with Crippen LogP contribution in [0.1, 0.15) is 56.4 Å². The summed E-state index contributed by atoms with van der Waals surface area (Å²) in [6.07, 6.45) is 6.86. The van der Waals surface area contributed by atoms with Crippen LogP contribution >= 0.6 is 27.3 Å². The highest BCUT2D eigenvalue weighted by Crippen LogP contribution is 2.43. The van der Waals surface area contributed by atoms with Gasteiger partial charge in [0, 0.05) is 17.0 Å². The first-order chi connectivity index (χ1) is 10.1. The summed E-state index contributed by atoms with van der Waals surface area (Å²) >= 11 is 5.25. The van der Waals surface area contributed by atoms with Crippen molar-refractivity contribution >= 4 is 33.2 Å². The Morgan fingerprint density at radius 1 is 1.33 bits per heavy atom. The van der Waals surface area contributed by atoms with Gasteiger partial charge < -0.3 is 5.11 Å². The first-order valence-corrected chi connectivity index (χ1v) is 9.44. The Morgan fingerprint density at radius 3 is 2.76 bits per heavy atom. The van der Waals surface area contributed by atoms with Gasteiger partial charge in [-0.2, -0.15) is 0 Å². The number of aliphatic carboxylic acids is 1. The van der Waals surface area contributed by atoms with Gasteiger partial charge in [0.05, 0.1) is 3.79 Å². The molecular formula is C16H22BrNO2S. The molecule has 0 bridgehead atoms. The number of thiophene rings is 1. The zero-order chi connectivity index (χ0) is 15.0. The minimum absolute atomic E-state index is 0.188. The summed E-state index contributed by atoms with van der Waals surface area (Å²) in [4.78, 5) is 15.3. The lowest BCUT2D eigenvalue weighted by atomic mass is 9.75. The van der Waals surface area contributed by atoms with Crippen molar-refractivity contribution in [3.05, 3.63) is 20.8 Å². The molecule has 4 unspecified atom stereocenters. The molecule has 0 aromatic carbocycles. The summed E-state index contributed by atoms with van der Waals surface area (Å²) in [6.45, 7) is 2.17. The van der Waals surface area contributed by atoms with Crippen molar-refractivity contribution in [2.24, 2.45) is 5.92 Å². The summed E-state index contributed by atoms with van der Waals surface area (Å²) in [7, 11) is 0. The van der Waals surface area contributed by atoms with E-state index in [1.165, 1.54) is 24.1 Å². The van der Waals surface area contributed by atoms with Crippen LogP contribution in [0, 0.1) is 5.92 Å². The first-order valence-electron chi connectivity index (χ1n) is 7.83. The molecule has 116 valence electrons. The van der Waals surface area contributed by atoms with E-state index in [4.69, 9.17) is 0 Å². The Kier molecular flexibility index (Phi) is 4.71. The molecule has 21 heavy (non-hydrogen) atoms. The lowest BCUT2D eigenvalue weighted by molar-refractivity contribution is -0.150. The van der Waals surface area contributed by atoms with Gasteiger partial charge in [0.25, 0.3) is 0 Å². The van der Waals surface area contributed by atoms with Crippen LogP contribution in [0.5, 0.6) is 0 Å². The highest BCUT2D eigenvalue weighted by Gasteiger charge is 2.43. The molecule has 1 aliphatic carbocycles. The summed E-state index contributed by atoms with van der Waals surface area (Å²) < 4.78 is 1.12. The van der Waals surface area contributed by atoms with Gasteiger partial charge in [-0.05, 0) is 66.6 Å². The summed E-state index contributed by atoms with van der Waals surface area (Å²) in [6, 6.07) is 4.51. The average molecular weight is 372 g/mol. The standard InChI is InChI=1S/C16H22BrNO2S/c1-10(14-8-9-15(17)21-14)18-12-5-3-2-4-11(12)6-7-13(18)16(19)20/h8-13H,2-7H2,1H3,(H,19,20). The van der Waals surface area contributed by atoms with Crippen molar-refractivity contribution in [2.45, 2.75) is 63.6 Å². The zero-order valence-electron chi connectivity index (χ0n) is 12.3. The Balaban J connectivity index is 1.90. The Bertz CT molecular complexity index is 518. The largest absolute Gasteiger partial charge is 0.480 e. The van der Waals surface area contributed by atoms with E-state index in [0.717, 1.165) is 23.0 Å². The number of rotatable bonds is 3. The molecule has 4 atom stereocenters. The van der Waals surface area contributed by atoms with E-state index in [2.05, 4.69) is 39.9 Å². The topological polar surface area (TPSA) is 40.5 Å². The molecule has 1 aliphatic heterocycles. The number of carboxylic acids is 1. The number of piperidine rings is 1. The maximum atomic E-state index is 11.7. The van der Waals surface area contributed by atoms with Gasteiger partial charge in [0.1, 0.15) is 6.04 Å². The van der Waals surface area contributed by atoms with E-state index in [1.54, 1.807) is 11.3 Å². The molecule has 1 N–H and O–H groups in total. The quantitative estimate of drug-likeness (QED) is 0.838. The highest BCUT2D eigenvalue weighted by atomic mass is 79.9. The molecule has 3 rings (SSSR count). The van der Waals surface area contributed by atoms with Crippen LogP contribution in [-0.4, -0.2) is 28.1 Å². The molecule has 0 amide bonds. The van der Waals surface area contributed by atoms with Crippen LogP contribution in [0.2, 0.25) is 0 Å². The van der Waals surface area contributed by atoms with E-state index in [1.807, 2.05) is 0 Å². The zero-order valence-corrected chi connectivity index (χ0v) is 14.7. The van der Waals surface area contributed by atoms with E-state index in [9.17, 15) is 9.90 Å². The fraction of sp³-hybridized carbons (Fsp3) is 0.688. The third-order valence-corrected chi connectivity index (χ3v) is 6.95. The van der Waals surface area contributed by atoms with Gasteiger partial charge in [-0.3, -0.25) is 9.69 Å². The number of carbonyl (C=O) groups is 1. The third kappa shape index (κ3) is 3.06. The van der Waals surface area contributed by atoms with Crippen LogP contribution in [0.15, 0.2) is 15.9 Å². The lowest BCUT2D eigenvalue weighted by Gasteiger charge is -2.49. The number of hydrogen-bond acceptors (Lipinski definition) is 3. The van der Waals surface area contributed by atoms with E-state index in [0.29, 0.717) is 12.0 Å². The minimum atomic E-state index is -0.651. The van der Waals surface area contributed by atoms with Crippen molar-refractivity contribution in [1.29, 1.82) is 0 Å². The smallest absolute Gasteiger partial charge is 0.320 e. The molecule has 1 aromatic rings. The molecule has 1 saturated carbocycles. The molecule has 0 radical (unpaired) electrons. The van der Waals surface area contributed by atoms with Crippen LogP contribution in [-0.2, 0) is 4.79 Å². The fourth-order valence-electron chi connectivity index (χ4n) is 4.18. The first kappa shape index (κ1) is 15.5. The van der Waals surface area contributed by atoms with Gasteiger partial charge in [0.2, 0.25) is 0 Å². The Morgan fingerprint density at radius 2 is 2.10 bits per heavy atom. The fourth-order valence-corrected chi connectivity index (χ4v) is 5.66. The Labute approximate surface area is 138 Å². The maximum absolute atomic E-state index is 11.7. The second-order valence-corrected chi connectivity index (χ2v) is 8.80. The van der Waals surface area contributed by atoms with Gasteiger partial charge >= 0.3 is 5.97 Å². The van der Waals surface area contributed by atoms with Gasteiger partial charge in [-0.15, -0.1) is 11.3 Å². The third-order valence-electron chi connectivity index (χ3n) is 5.16. The Hall–Kier alpha value is -0.390. The van der Waals surface area contributed by atoms with Crippen molar-refractivity contribution in [2.75, 3.05) is 0 Å². The molecule has 1 saturated heterocycles. The lowest BCUT2D eigenvalue weighted by Crippen LogP contribution is -2.55. The normalized spacial score (nSPS) is 31.6. The second-order valence-electron chi connectivity index (χ2n) is 6.31. The number of likely N-dealkylation sites (tertiary alicyclic amines) is 1. The van der Waals surface area contributed by atoms with Crippen LogP contribution in [0.25, 0.3) is 0 Å². The van der Waals surface area contributed by atoms with Crippen LogP contribution in [0.4, 0.5) is 0 Å². The van der Waals surface area contributed by atoms with Gasteiger partial charge in [-0.25, -0.2) is 0 Å². The van der Waals surface area contributed by atoms with Crippen molar-refractivity contribution in [3.8, 4) is 0 Å².